The van der Waals surface area contributed by atoms with Gasteiger partial charge in [0.2, 0.25) is 0 Å². The van der Waals surface area contributed by atoms with Gasteiger partial charge in [-0.15, -0.1) is 0 Å². The van der Waals surface area contributed by atoms with Gasteiger partial charge in [-0.05, 0) is 32.4 Å². The number of fused-ring (bicyclic) bond motifs is 1. The fourth-order valence-corrected chi connectivity index (χ4v) is 3.58. The third-order valence-corrected chi connectivity index (χ3v) is 4.43. The number of thioether (sulfide) groups is 1. The normalized spacial score (nSPS) is 13.3. The first-order chi connectivity index (χ1) is 10.2. The molecule has 0 bridgehead atoms. The minimum atomic E-state index is 0.809. The Morgan fingerprint density at radius 3 is 2.57 bits per heavy atom. The molecule has 0 unspecified atom stereocenters. The lowest BCUT2D eigenvalue weighted by atomic mass is 10.1. The fourth-order valence-electron chi connectivity index (χ4n) is 2.53. The number of aromatic nitrogens is 3. The summed E-state index contributed by atoms with van der Waals surface area (Å²) in [5.74, 6) is 3.81. The van der Waals surface area contributed by atoms with Crippen molar-refractivity contribution >= 4 is 17.6 Å². The molecule has 21 heavy (non-hydrogen) atoms. The maximum Gasteiger partial charge on any atom is 0.161 e. The predicted molar refractivity (Wildman–Crippen MR) is 88.5 cm³/mol. The van der Waals surface area contributed by atoms with Crippen LogP contribution in [-0.2, 0) is 11.5 Å². The Morgan fingerprint density at radius 1 is 1.10 bits per heavy atom. The van der Waals surface area contributed by atoms with Crippen LogP contribution in [-0.4, -0.2) is 21.5 Å². The van der Waals surface area contributed by atoms with Gasteiger partial charge in [-0.25, -0.2) is 9.97 Å². The molecule has 2 aromatic heterocycles. The molecule has 0 aliphatic carbocycles. The molecule has 0 radical (unpaired) electrons. The summed E-state index contributed by atoms with van der Waals surface area (Å²) in [6.45, 7) is 7.13. The van der Waals surface area contributed by atoms with Crippen molar-refractivity contribution < 1.29 is 0 Å². The summed E-state index contributed by atoms with van der Waals surface area (Å²) < 4.78 is 0. The van der Waals surface area contributed by atoms with Gasteiger partial charge >= 0.3 is 0 Å². The van der Waals surface area contributed by atoms with Crippen LogP contribution in [0.5, 0.6) is 0 Å². The lowest BCUT2D eigenvalue weighted by Gasteiger charge is -2.12. The van der Waals surface area contributed by atoms with Gasteiger partial charge in [-0.2, -0.15) is 11.8 Å². The fraction of sp³-hybridized carbons (Fsp3) is 0.438. The van der Waals surface area contributed by atoms with Gasteiger partial charge < -0.3 is 5.32 Å². The number of nitrogens with one attached hydrogen (secondary N) is 1. The number of aryl methyl sites for hydroxylation is 2. The highest BCUT2D eigenvalue weighted by molar-refractivity contribution is 7.98. The van der Waals surface area contributed by atoms with Gasteiger partial charge in [0.15, 0.2) is 5.82 Å². The zero-order valence-corrected chi connectivity index (χ0v) is 13.5. The van der Waals surface area contributed by atoms with Crippen LogP contribution in [0.15, 0.2) is 12.1 Å². The molecule has 3 heterocycles. The Hall–Kier alpha value is -1.62. The Balaban J connectivity index is 2.06. The molecule has 0 amide bonds. The van der Waals surface area contributed by atoms with E-state index in [9.17, 15) is 0 Å². The van der Waals surface area contributed by atoms with E-state index in [1.165, 1.54) is 11.3 Å². The maximum absolute atomic E-state index is 4.77. The largest absolute Gasteiger partial charge is 0.370 e. The van der Waals surface area contributed by atoms with Crippen LogP contribution in [0.4, 0.5) is 5.82 Å². The highest BCUT2D eigenvalue weighted by Gasteiger charge is 2.20. The standard InChI is InChI=1S/C16H20N4S/c1-4-5-17-16-13-8-21-9-14(13)19-15(20-16)12-6-10(2)18-11(3)7-12/h6-7H,4-5,8-9H2,1-3H3,(H,17,19,20). The highest BCUT2D eigenvalue weighted by Crippen LogP contribution is 2.34. The van der Waals surface area contributed by atoms with Gasteiger partial charge in [0, 0.05) is 40.6 Å². The summed E-state index contributed by atoms with van der Waals surface area (Å²) in [6.07, 6.45) is 1.09. The number of hydrogen-bond donors (Lipinski definition) is 1. The van der Waals surface area contributed by atoms with Gasteiger partial charge in [-0.1, -0.05) is 6.92 Å². The van der Waals surface area contributed by atoms with Crippen molar-refractivity contribution in [3.05, 3.63) is 34.8 Å². The van der Waals surface area contributed by atoms with Crippen LogP contribution in [0.25, 0.3) is 11.4 Å². The van der Waals surface area contributed by atoms with E-state index in [0.29, 0.717) is 0 Å². The molecular formula is C16H20N4S. The molecule has 0 saturated carbocycles. The summed E-state index contributed by atoms with van der Waals surface area (Å²) in [5, 5.41) is 3.45. The molecule has 1 aliphatic heterocycles. The number of rotatable bonds is 4. The van der Waals surface area contributed by atoms with Gasteiger partial charge in [0.1, 0.15) is 5.82 Å². The topological polar surface area (TPSA) is 50.7 Å². The molecule has 0 saturated heterocycles. The van der Waals surface area contributed by atoms with Crippen molar-refractivity contribution in [2.24, 2.45) is 0 Å². The summed E-state index contributed by atoms with van der Waals surface area (Å²) in [5.41, 5.74) is 5.52. The van der Waals surface area contributed by atoms with Crippen molar-refractivity contribution in [3.8, 4) is 11.4 Å². The zero-order chi connectivity index (χ0) is 14.8. The second kappa shape index (κ2) is 6.02. The molecule has 2 aromatic rings. The second-order valence-corrected chi connectivity index (χ2v) is 6.36. The van der Waals surface area contributed by atoms with E-state index in [4.69, 9.17) is 9.97 Å². The molecule has 110 valence electrons. The molecule has 0 fully saturated rings. The van der Waals surface area contributed by atoms with E-state index in [-0.39, 0.29) is 0 Å². The predicted octanol–water partition coefficient (Wildman–Crippen LogP) is 3.72. The molecule has 3 rings (SSSR count). The SMILES string of the molecule is CCCNc1nc(-c2cc(C)nc(C)c2)nc2c1CSC2. The van der Waals surface area contributed by atoms with Crippen molar-refractivity contribution in [1.82, 2.24) is 15.0 Å². The lowest BCUT2D eigenvalue weighted by Crippen LogP contribution is -2.08. The van der Waals surface area contributed by atoms with Crippen LogP contribution in [0.1, 0.15) is 36.0 Å². The van der Waals surface area contributed by atoms with E-state index in [1.807, 2.05) is 25.6 Å². The van der Waals surface area contributed by atoms with E-state index >= 15 is 0 Å². The number of hydrogen-bond acceptors (Lipinski definition) is 5. The average Bonchev–Trinajstić information content (AvgIpc) is 2.92. The minimum absolute atomic E-state index is 0.809. The molecule has 4 nitrogen and oxygen atoms in total. The van der Waals surface area contributed by atoms with Crippen LogP contribution in [0.2, 0.25) is 0 Å². The Morgan fingerprint density at radius 2 is 1.86 bits per heavy atom. The maximum atomic E-state index is 4.77. The second-order valence-electron chi connectivity index (χ2n) is 5.38. The number of anilines is 1. The number of pyridine rings is 1. The van der Waals surface area contributed by atoms with E-state index in [2.05, 4.69) is 29.4 Å². The lowest BCUT2D eigenvalue weighted by molar-refractivity contribution is 0.954. The summed E-state index contributed by atoms with van der Waals surface area (Å²) in [6, 6.07) is 4.11. The van der Waals surface area contributed by atoms with E-state index < -0.39 is 0 Å². The first-order valence-corrected chi connectivity index (χ1v) is 8.50. The molecule has 1 aliphatic rings. The van der Waals surface area contributed by atoms with E-state index in [0.717, 1.165) is 53.1 Å². The van der Waals surface area contributed by atoms with Crippen LogP contribution >= 0.6 is 11.8 Å². The third kappa shape index (κ3) is 3.02. The van der Waals surface area contributed by atoms with Crippen molar-refractivity contribution in [3.63, 3.8) is 0 Å². The zero-order valence-electron chi connectivity index (χ0n) is 12.7. The van der Waals surface area contributed by atoms with Gasteiger partial charge in [0.05, 0.1) is 5.69 Å². The Kier molecular flexibility index (Phi) is 4.10. The summed E-state index contributed by atoms with van der Waals surface area (Å²) in [4.78, 5) is 14.0. The van der Waals surface area contributed by atoms with Crippen LogP contribution in [0.3, 0.4) is 0 Å². The molecule has 0 spiro atoms. The summed E-state index contributed by atoms with van der Waals surface area (Å²) in [7, 11) is 0. The van der Waals surface area contributed by atoms with Crippen molar-refractivity contribution in [2.45, 2.75) is 38.7 Å². The molecular weight excluding hydrogens is 280 g/mol. The van der Waals surface area contributed by atoms with Gasteiger partial charge in [-0.3, -0.25) is 4.98 Å². The first-order valence-electron chi connectivity index (χ1n) is 7.34. The van der Waals surface area contributed by atoms with Gasteiger partial charge in [0.25, 0.3) is 0 Å². The molecule has 1 N–H and O–H groups in total. The third-order valence-electron chi connectivity index (χ3n) is 3.46. The van der Waals surface area contributed by atoms with Crippen molar-refractivity contribution in [2.75, 3.05) is 11.9 Å². The molecule has 0 atom stereocenters. The average molecular weight is 300 g/mol. The van der Waals surface area contributed by atoms with Crippen LogP contribution < -0.4 is 5.32 Å². The monoisotopic (exact) mass is 300 g/mol. The Bertz CT molecular complexity index is 649. The first kappa shape index (κ1) is 14.3. The molecule has 0 aromatic carbocycles. The van der Waals surface area contributed by atoms with Crippen LogP contribution in [0, 0.1) is 13.8 Å². The van der Waals surface area contributed by atoms with Crippen molar-refractivity contribution in [1.29, 1.82) is 0 Å². The number of nitrogens with zero attached hydrogens (tertiary/aromatic N) is 3. The Labute approximate surface area is 129 Å². The smallest absolute Gasteiger partial charge is 0.161 e. The minimum Gasteiger partial charge on any atom is -0.370 e. The summed E-state index contributed by atoms with van der Waals surface area (Å²) >= 11 is 1.91. The highest BCUT2D eigenvalue weighted by atomic mass is 32.2. The van der Waals surface area contributed by atoms with E-state index in [1.54, 1.807) is 0 Å². The molecule has 5 heteroatoms. The quantitative estimate of drug-likeness (QED) is 0.932.